The van der Waals surface area contributed by atoms with Gasteiger partial charge in [-0.2, -0.15) is 0 Å². The van der Waals surface area contributed by atoms with Crippen molar-refractivity contribution in [2.75, 3.05) is 23.7 Å². The molecule has 2 aromatic rings. The van der Waals surface area contributed by atoms with E-state index in [2.05, 4.69) is 10.00 Å². The molecule has 2 heterocycles. The molecule has 7 heteroatoms. The molecule has 2 N–H and O–H groups in total. The largest absolute Gasteiger partial charge is 0.460 e. The van der Waals surface area contributed by atoms with Gasteiger partial charge >= 0.3 is 5.97 Å². The second kappa shape index (κ2) is 8.98. The number of carbonyl (C=O) groups is 1. The molecular weight excluding hydrogens is 380 g/mol. The fourth-order valence-corrected chi connectivity index (χ4v) is 4.01. The van der Waals surface area contributed by atoms with Crippen LogP contribution in [0.5, 0.6) is 11.6 Å². The van der Waals surface area contributed by atoms with Gasteiger partial charge in [-0.05, 0) is 65.0 Å². The van der Waals surface area contributed by atoms with Crippen LogP contribution in [0.4, 0.5) is 11.4 Å². The van der Waals surface area contributed by atoms with Gasteiger partial charge in [-0.15, -0.1) is 5.10 Å². The van der Waals surface area contributed by atoms with Gasteiger partial charge in [0.2, 0.25) is 5.88 Å². The molecule has 0 bridgehead atoms. The number of nitrogens with two attached hydrogens (primary N) is 1. The monoisotopic (exact) mass is 414 g/mol. The predicted octanol–water partition coefficient (Wildman–Crippen LogP) is 4.44. The van der Waals surface area contributed by atoms with Crippen molar-refractivity contribution >= 4 is 17.3 Å². The number of nitrogen functional groups attached to an aromatic ring is 1. The fourth-order valence-electron chi connectivity index (χ4n) is 4.01. The standard InChI is InChI=1S/C23H34N4O3/c1-16-19(29-20-12-14-26(5)25-20)10-9-18(24)22(16)27-13-6-7-17(15-27)8-11-21(28)30-23(2,3)4/h9-10,12,14,17H,6-8,11,13,15,24H2,1-5H3/t17-/m0/s1. The Morgan fingerprint density at radius 2 is 2.07 bits per heavy atom. The van der Waals surface area contributed by atoms with Crippen LogP contribution in [0, 0.1) is 12.8 Å². The van der Waals surface area contributed by atoms with E-state index in [4.69, 9.17) is 15.2 Å². The van der Waals surface area contributed by atoms with E-state index in [9.17, 15) is 4.79 Å². The van der Waals surface area contributed by atoms with Gasteiger partial charge in [-0.1, -0.05) is 0 Å². The maximum Gasteiger partial charge on any atom is 0.306 e. The minimum atomic E-state index is -0.435. The molecule has 1 aromatic heterocycles. The molecule has 1 aliphatic rings. The number of ether oxygens (including phenoxy) is 2. The zero-order valence-electron chi connectivity index (χ0n) is 18.8. The van der Waals surface area contributed by atoms with Crippen molar-refractivity contribution in [2.45, 2.75) is 59.0 Å². The lowest BCUT2D eigenvalue weighted by Gasteiger charge is -2.36. The number of aryl methyl sites for hydroxylation is 1. The maximum atomic E-state index is 12.1. The molecular formula is C23H34N4O3. The number of aromatic nitrogens is 2. The van der Waals surface area contributed by atoms with E-state index in [-0.39, 0.29) is 5.97 Å². The summed E-state index contributed by atoms with van der Waals surface area (Å²) >= 11 is 0. The van der Waals surface area contributed by atoms with E-state index in [0.29, 0.717) is 18.2 Å². The number of hydrogen-bond donors (Lipinski definition) is 1. The number of hydrogen-bond acceptors (Lipinski definition) is 6. The Balaban J connectivity index is 1.68. The van der Waals surface area contributed by atoms with E-state index in [1.54, 1.807) is 4.68 Å². The minimum absolute atomic E-state index is 0.124. The lowest BCUT2D eigenvalue weighted by molar-refractivity contribution is -0.155. The van der Waals surface area contributed by atoms with Crippen LogP contribution in [-0.2, 0) is 16.6 Å². The van der Waals surface area contributed by atoms with Crippen LogP contribution in [0.3, 0.4) is 0 Å². The first-order valence-corrected chi connectivity index (χ1v) is 10.7. The Morgan fingerprint density at radius 1 is 1.30 bits per heavy atom. The Hall–Kier alpha value is -2.70. The van der Waals surface area contributed by atoms with E-state index in [1.807, 2.05) is 59.1 Å². The van der Waals surface area contributed by atoms with Crippen molar-refractivity contribution < 1.29 is 14.3 Å². The molecule has 0 amide bonds. The molecule has 0 spiro atoms. The van der Waals surface area contributed by atoms with Crippen LogP contribution in [0.2, 0.25) is 0 Å². The van der Waals surface area contributed by atoms with Gasteiger partial charge in [0, 0.05) is 44.4 Å². The molecule has 7 nitrogen and oxygen atoms in total. The second-order valence-electron chi connectivity index (χ2n) is 9.14. The summed E-state index contributed by atoms with van der Waals surface area (Å²) in [5.41, 5.74) is 8.70. The molecule has 30 heavy (non-hydrogen) atoms. The zero-order valence-corrected chi connectivity index (χ0v) is 18.8. The third kappa shape index (κ3) is 5.68. The van der Waals surface area contributed by atoms with Crippen LogP contribution in [0.1, 0.15) is 52.0 Å². The average Bonchev–Trinajstić information content (AvgIpc) is 3.06. The molecule has 1 aromatic carbocycles. The van der Waals surface area contributed by atoms with Crippen molar-refractivity contribution in [1.29, 1.82) is 0 Å². The summed E-state index contributed by atoms with van der Waals surface area (Å²) in [6.07, 6.45) is 5.32. The van der Waals surface area contributed by atoms with Gasteiger partial charge in [0.25, 0.3) is 0 Å². The van der Waals surface area contributed by atoms with Crippen LogP contribution < -0.4 is 15.4 Å². The maximum absolute atomic E-state index is 12.1. The highest BCUT2D eigenvalue weighted by molar-refractivity contribution is 5.75. The van der Waals surface area contributed by atoms with Crippen LogP contribution >= 0.6 is 0 Å². The molecule has 0 saturated carbocycles. The van der Waals surface area contributed by atoms with E-state index in [1.165, 1.54) is 0 Å². The molecule has 0 radical (unpaired) electrons. The molecule has 1 saturated heterocycles. The number of rotatable bonds is 6. The summed E-state index contributed by atoms with van der Waals surface area (Å²) in [4.78, 5) is 14.4. The van der Waals surface area contributed by atoms with Crippen molar-refractivity contribution in [3.63, 3.8) is 0 Å². The summed E-state index contributed by atoms with van der Waals surface area (Å²) in [6, 6.07) is 5.63. The van der Waals surface area contributed by atoms with Crippen LogP contribution in [-0.4, -0.2) is 34.4 Å². The average molecular weight is 415 g/mol. The third-order valence-corrected chi connectivity index (χ3v) is 5.33. The molecule has 1 atom stereocenters. The Labute approximate surface area is 179 Å². The zero-order chi connectivity index (χ0) is 21.9. The fraction of sp³-hybridized carbons (Fsp3) is 0.565. The first-order valence-electron chi connectivity index (χ1n) is 10.7. The van der Waals surface area contributed by atoms with E-state index >= 15 is 0 Å². The summed E-state index contributed by atoms with van der Waals surface area (Å²) < 4.78 is 13.2. The first-order chi connectivity index (χ1) is 14.1. The number of benzene rings is 1. The molecule has 1 fully saturated rings. The lowest BCUT2D eigenvalue weighted by atomic mass is 9.92. The van der Waals surface area contributed by atoms with Gasteiger partial charge in [0.05, 0.1) is 11.4 Å². The van der Waals surface area contributed by atoms with Gasteiger partial charge in [0.15, 0.2) is 0 Å². The van der Waals surface area contributed by atoms with E-state index < -0.39 is 5.60 Å². The van der Waals surface area contributed by atoms with Crippen LogP contribution in [0.25, 0.3) is 0 Å². The molecule has 1 aliphatic heterocycles. The molecule has 0 unspecified atom stereocenters. The number of anilines is 2. The third-order valence-electron chi connectivity index (χ3n) is 5.33. The molecule has 164 valence electrons. The predicted molar refractivity (Wildman–Crippen MR) is 119 cm³/mol. The van der Waals surface area contributed by atoms with E-state index in [0.717, 1.165) is 55.0 Å². The second-order valence-corrected chi connectivity index (χ2v) is 9.14. The Morgan fingerprint density at radius 3 is 2.73 bits per heavy atom. The Bertz CT molecular complexity index is 885. The van der Waals surface area contributed by atoms with Crippen LogP contribution in [0.15, 0.2) is 24.4 Å². The highest BCUT2D eigenvalue weighted by Crippen LogP contribution is 2.38. The van der Waals surface area contributed by atoms with Gasteiger partial charge < -0.3 is 20.1 Å². The van der Waals surface area contributed by atoms with Crippen molar-refractivity contribution in [1.82, 2.24) is 9.78 Å². The smallest absolute Gasteiger partial charge is 0.306 e. The first kappa shape index (κ1) is 22.0. The number of carbonyl (C=O) groups excluding carboxylic acids is 1. The summed E-state index contributed by atoms with van der Waals surface area (Å²) in [6.45, 7) is 9.56. The van der Waals surface area contributed by atoms with Crippen molar-refractivity contribution in [3.8, 4) is 11.6 Å². The minimum Gasteiger partial charge on any atom is -0.460 e. The normalized spacial score (nSPS) is 17.1. The summed E-state index contributed by atoms with van der Waals surface area (Å²) in [7, 11) is 1.86. The number of piperidine rings is 1. The number of esters is 1. The lowest BCUT2D eigenvalue weighted by Crippen LogP contribution is -2.36. The quantitative estimate of drug-likeness (QED) is 0.556. The molecule has 0 aliphatic carbocycles. The van der Waals surface area contributed by atoms with Gasteiger partial charge in [0.1, 0.15) is 11.4 Å². The highest BCUT2D eigenvalue weighted by atomic mass is 16.6. The Kier molecular flexibility index (Phi) is 6.58. The summed E-state index contributed by atoms with van der Waals surface area (Å²) in [5, 5.41) is 4.30. The highest BCUT2D eigenvalue weighted by Gasteiger charge is 2.25. The van der Waals surface area contributed by atoms with Gasteiger partial charge in [-0.3, -0.25) is 9.48 Å². The van der Waals surface area contributed by atoms with Gasteiger partial charge in [-0.25, -0.2) is 0 Å². The molecule has 3 rings (SSSR count). The topological polar surface area (TPSA) is 82.6 Å². The van der Waals surface area contributed by atoms with Crippen molar-refractivity contribution in [3.05, 3.63) is 30.0 Å². The van der Waals surface area contributed by atoms with Crippen molar-refractivity contribution in [2.24, 2.45) is 13.0 Å². The number of nitrogens with zero attached hydrogens (tertiary/aromatic N) is 3. The summed E-state index contributed by atoms with van der Waals surface area (Å²) in [5.74, 6) is 1.63. The SMILES string of the molecule is Cc1c(Oc2ccn(C)n2)ccc(N)c1N1CCC[C@@H](CCC(=O)OC(C)(C)C)C1.